The number of anilines is 1. The molecular weight excluding hydrogens is 320 g/mol. The van der Waals surface area contributed by atoms with Crippen molar-refractivity contribution >= 4 is 16.5 Å². The summed E-state index contributed by atoms with van der Waals surface area (Å²) in [5.41, 5.74) is 3.10. The topological polar surface area (TPSA) is 54.2 Å². The molecule has 5 nitrogen and oxygen atoms in total. The Morgan fingerprint density at radius 1 is 1.21 bits per heavy atom. The molecule has 0 aliphatic rings. The highest BCUT2D eigenvalue weighted by atomic mass is 32.1. The minimum absolute atomic E-state index is 0.334. The van der Waals surface area contributed by atoms with Gasteiger partial charge in [-0.2, -0.15) is 0 Å². The van der Waals surface area contributed by atoms with Crippen LogP contribution in [0.1, 0.15) is 13.3 Å². The lowest BCUT2D eigenvalue weighted by Crippen LogP contribution is -2.07. The van der Waals surface area contributed by atoms with Crippen LogP contribution in [-0.2, 0) is 6.54 Å². The second-order valence-corrected chi connectivity index (χ2v) is 7.05. The number of hydrogen-bond acceptors (Lipinski definition) is 5. The fourth-order valence-corrected chi connectivity index (χ4v) is 3.43. The summed E-state index contributed by atoms with van der Waals surface area (Å²) in [6.45, 7) is 2.54. The molecule has 6 heteroatoms. The molecule has 0 bridgehead atoms. The minimum atomic E-state index is -0.334. The number of aromatic nitrogens is 3. The Hall–Kier alpha value is -2.18. The average Bonchev–Trinajstić information content (AvgIpc) is 3.20. The van der Waals surface area contributed by atoms with Crippen LogP contribution in [0.25, 0.3) is 21.8 Å². The summed E-state index contributed by atoms with van der Waals surface area (Å²) in [6, 6.07) is 10.2. The first-order valence-electron chi connectivity index (χ1n) is 7.98. The zero-order valence-corrected chi connectivity index (χ0v) is 15.0. The maximum absolute atomic E-state index is 9.63. The summed E-state index contributed by atoms with van der Waals surface area (Å²) in [5.74, 6) is 0. The highest BCUT2D eigenvalue weighted by Gasteiger charge is 2.18. The molecule has 0 saturated heterocycles. The van der Waals surface area contributed by atoms with Crippen molar-refractivity contribution in [2.24, 2.45) is 0 Å². The predicted octanol–water partition coefficient (Wildman–Crippen LogP) is 3.51. The molecule has 0 aliphatic carbocycles. The van der Waals surface area contributed by atoms with Gasteiger partial charge in [-0.05, 0) is 13.3 Å². The number of aliphatic hydroxyl groups is 1. The maximum Gasteiger partial charge on any atom is 0.185 e. The molecule has 0 fully saturated rings. The number of imidazole rings is 1. The molecular formula is C18H22N4OS. The van der Waals surface area contributed by atoms with E-state index in [-0.39, 0.29) is 6.10 Å². The quantitative estimate of drug-likeness (QED) is 0.745. The lowest BCUT2D eigenvalue weighted by molar-refractivity contribution is 0.178. The third kappa shape index (κ3) is 3.49. The van der Waals surface area contributed by atoms with Gasteiger partial charge >= 0.3 is 0 Å². The Bertz CT molecular complexity index is 792. The molecule has 1 N–H and O–H groups in total. The molecule has 3 rings (SSSR count). The zero-order chi connectivity index (χ0) is 17.1. The van der Waals surface area contributed by atoms with Crippen molar-refractivity contribution in [1.82, 2.24) is 14.5 Å². The molecule has 2 aromatic heterocycles. The molecule has 0 amide bonds. The molecule has 0 saturated carbocycles. The summed E-state index contributed by atoms with van der Waals surface area (Å²) in [6.07, 6.45) is 4.12. The van der Waals surface area contributed by atoms with Crippen LogP contribution in [0.15, 0.2) is 42.9 Å². The van der Waals surface area contributed by atoms with E-state index in [1.165, 1.54) is 0 Å². The van der Waals surface area contributed by atoms with Crippen LogP contribution in [0.2, 0.25) is 0 Å². The normalized spacial score (nSPS) is 12.3. The number of nitrogens with zero attached hydrogens (tertiary/aromatic N) is 4. The van der Waals surface area contributed by atoms with E-state index in [1.54, 1.807) is 11.3 Å². The fourth-order valence-electron chi connectivity index (χ4n) is 2.52. The fraction of sp³-hybridized carbons (Fsp3) is 0.333. The Labute approximate surface area is 146 Å². The number of aryl methyl sites for hydroxylation is 1. The standard InChI is InChI=1S/C18H22N4OS/c1-13(23)9-10-22-12-20-16(14-7-5-4-6-8-14)17(22)15-11-19-18(24-15)21(2)3/h4-8,11-13,23H,9-10H2,1-3H3/t13-/m1/s1. The Morgan fingerprint density at radius 3 is 2.58 bits per heavy atom. The average molecular weight is 342 g/mol. The third-order valence-electron chi connectivity index (χ3n) is 3.78. The zero-order valence-electron chi connectivity index (χ0n) is 14.2. The van der Waals surface area contributed by atoms with E-state index in [0.29, 0.717) is 6.42 Å². The van der Waals surface area contributed by atoms with E-state index in [2.05, 4.69) is 26.7 Å². The molecule has 2 heterocycles. The smallest absolute Gasteiger partial charge is 0.185 e. The van der Waals surface area contributed by atoms with E-state index in [1.807, 2.05) is 56.6 Å². The molecule has 0 unspecified atom stereocenters. The molecule has 24 heavy (non-hydrogen) atoms. The van der Waals surface area contributed by atoms with Crippen molar-refractivity contribution in [3.05, 3.63) is 42.9 Å². The van der Waals surface area contributed by atoms with Crippen LogP contribution in [0.4, 0.5) is 5.13 Å². The molecule has 0 aliphatic heterocycles. The predicted molar refractivity (Wildman–Crippen MR) is 99.4 cm³/mol. The van der Waals surface area contributed by atoms with E-state index in [4.69, 9.17) is 0 Å². The Kier molecular flexibility index (Phi) is 4.97. The van der Waals surface area contributed by atoms with Crippen LogP contribution in [0.5, 0.6) is 0 Å². The van der Waals surface area contributed by atoms with Gasteiger partial charge in [-0.15, -0.1) is 0 Å². The highest BCUT2D eigenvalue weighted by Crippen LogP contribution is 2.36. The molecule has 0 spiro atoms. The molecule has 0 radical (unpaired) electrons. The summed E-state index contributed by atoms with van der Waals surface area (Å²) < 4.78 is 2.11. The van der Waals surface area contributed by atoms with Gasteiger partial charge < -0.3 is 14.6 Å². The van der Waals surface area contributed by atoms with Gasteiger partial charge in [0.1, 0.15) is 0 Å². The van der Waals surface area contributed by atoms with Gasteiger partial charge in [-0.1, -0.05) is 41.7 Å². The van der Waals surface area contributed by atoms with Crippen LogP contribution < -0.4 is 4.90 Å². The number of rotatable bonds is 6. The first-order chi connectivity index (χ1) is 11.6. The Balaban J connectivity index is 2.06. The molecule has 3 aromatic rings. The highest BCUT2D eigenvalue weighted by molar-refractivity contribution is 7.18. The third-order valence-corrected chi connectivity index (χ3v) is 4.95. The molecule has 1 atom stereocenters. The van der Waals surface area contributed by atoms with E-state index in [0.717, 1.165) is 33.5 Å². The number of hydrogen-bond donors (Lipinski definition) is 1. The molecule has 126 valence electrons. The van der Waals surface area contributed by atoms with Gasteiger partial charge in [-0.25, -0.2) is 9.97 Å². The summed E-state index contributed by atoms with van der Waals surface area (Å²) in [4.78, 5) is 12.2. The summed E-state index contributed by atoms with van der Waals surface area (Å²) in [5, 5.41) is 10.6. The lowest BCUT2D eigenvalue weighted by atomic mass is 10.1. The minimum Gasteiger partial charge on any atom is -0.393 e. The second-order valence-electron chi connectivity index (χ2n) is 6.04. The van der Waals surface area contributed by atoms with Crippen LogP contribution >= 0.6 is 11.3 Å². The van der Waals surface area contributed by atoms with Crippen molar-refractivity contribution in [2.45, 2.75) is 26.0 Å². The maximum atomic E-state index is 9.63. The monoisotopic (exact) mass is 342 g/mol. The van der Waals surface area contributed by atoms with Crippen molar-refractivity contribution in [2.75, 3.05) is 19.0 Å². The first-order valence-corrected chi connectivity index (χ1v) is 8.80. The number of benzene rings is 1. The van der Waals surface area contributed by atoms with Crippen LogP contribution in [0.3, 0.4) is 0 Å². The number of aliphatic hydroxyl groups excluding tert-OH is 1. The van der Waals surface area contributed by atoms with Crippen LogP contribution in [-0.4, -0.2) is 39.8 Å². The van der Waals surface area contributed by atoms with Crippen molar-refractivity contribution in [3.8, 4) is 21.8 Å². The first kappa shape index (κ1) is 16.7. The van der Waals surface area contributed by atoms with E-state index < -0.39 is 0 Å². The summed E-state index contributed by atoms with van der Waals surface area (Å²) in [7, 11) is 3.98. The van der Waals surface area contributed by atoms with Crippen molar-refractivity contribution < 1.29 is 5.11 Å². The SMILES string of the molecule is C[C@@H](O)CCn1cnc(-c2ccccc2)c1-c1cnc(N(C)C)s1. The van der Waals surface area contributed by atoms with E-state index >= 15 is 0 Å². The van der Waals surface area contributed by atoms with Gasteiger partial charge in [0.2, 0.25) is 0 Å². The number of thiazole rings is 1. The van der Waals surface area contributed by atoms with Crippen molar-refractivity contribution in [3.63, 3.8) is 0 Å². The largest absolute Gasteiger partial charge is 0.393 e. The van der Waals surface area contributed by atoms with Gasteiger partial charge in [-0.3, -0.25) is 0 Å². The Morgan fingerprint density at radius 2 is 1.96 bits per heavy atom. The lowest BCUT2D eigenvalue weighted by Gasteiger charge is -2.10. The van der Waals surface area contributed by atoms with Crippen LogP contribution in [0, 0.1) is 0 Å². The van der Waals surface area contributed by atoms with Gasteiger partial charge in [0.05, 0.1) is 28.7 Å². The molecule has 1 aromatic carbocycles. The summed E-state index contributed by atoms with van der Waals surface area (Å²) >= 11 is 1.65. The van der Waals surface area contributed by atoms with Crippen molar-refractivity contribution in [1.29, 1.82) is 0 Å². The van der Waals surface area contributed by atoms with Gasteiger partial charge in [0.15, 0.2) is 5.13 Å². The second kappa shape index (κ2) is 7.15. The van der Waals surface area contributed by atoms with E-state index in [9.17, 15) is 5.11 Å². The van der Waals surface area contributed by atoms with Gasteiger partial charge in [0, 0.05) is 32.4 Å². The van der Waals surface area contributed by atoms with Gasteiger partial charge in [0.25, 0.3) is 0 Å².